The molecule has 4 aromatic rings. The summed E-state index contributed by atoms with van der Waals surface area (Å²) in [5.74, 6) is 0.464. The number of nitrogens with one attached hydrogen (secondary N) is 2. The third-order valence-electron chi connectivity index (χ3n) is 6.26. The molecule has 6 nitrogen and oxygen atoms in total. The Morgan fingerprint density at radius 2 is 1.91 bits per heavy atom. The second-order valence-corrected chi connectivity index (χ2v) is 9.93. The number of aromatic nitrogens is 2. The molecule has 1 fully saturated rings. The van der Waals surface area contributed by atoms with Crippen LogP contribution in [0.15, 0.2) is 78.0 Å². The first-order valence-electron chi connectivity index (χ1n) is 11.6. The van der Waals surface area contributed by atoms with Crippen LogP contribution >= 0.6 is 11.8 Å². The van der Waals surface area contributed by atoms with Crippen LogP contribution in [0.1, 0.15) is 17.5 Å². The zero-order chi connectivity index (χ0) is 24.2. The molecule has 2 heterocycles. The molecule has 2 N–H and O–H groups in total. The Bertz CT molecular complexity index is 1280. The van der Waals surface area contributed by atoms with Gasteiger partial charge in [-0.25, -0.2) is 9.37 Å². The molecule has 8 heteroatoms. The molecule has 1 aromatic heterocycles. The van der Waals surface area contributed by atoms with E-state index in [1.807, 2.05) is 48.5 Å². The first-order chi connectivity index (χ1) is 17.1. The lowest BCUT2D eigenvalue weighted by Gasteiger charge is -2.23. The number of rotatable bonds is 8. The molecule has 0 saturated carbocycles. The highest BCUT2D eigenvalue weighted by molar-refractivity contribution is 7.99. The molecule has 35 heavy (non-hydrogen) atoms. The average Bonchev–Trinajstić information content (AvgIpc) is 3.47. The Hall–Kier alpha value is -3.36. The summed E-state index contributed by atoms with van der Waals surface area (Å²) in [4.78, 5) is 23.6. The Morgan fingerprint density at radius 1 is 1.14 bits per heavy atom. The van der Waals surface area contributed by atoms with E-state index in [1.165, 1.54) is 12.1 Å². The van der Waals surface area contributed by atoms with Crippen molar-refractivity contribution in [1.82, 2.24) is 20.2 Å². The monoisotopic (exact) mass is 490 g/mol. The van der Waals surface area contributed by atoms with Crippen molar-refractivity contribution in [1.29, 1.82) is 0 Å². The summed E-state index contributed by atoms with van der Waals surface area (Å²) in [6, 6.07) is 21.8. The van der Waals surface area contributed by atoms with Gasteiger partial charge in [-0.05, 0) is 42.3 Å². The van der Waals surface area contributed by atoms with E-state index in [0.29, 0.717) is 19.5 Å². The fraction of sp³-hybridized carbons (Fsp3) is 0.259. The molecule has 0 unspecified atom stereocenters. The molecule has 1 saturated heterocycles. The maximum atomic E-state index is 13.4. The molecule has 0 aliphatic carbocycles. The van der Waals surface area contributed by atoms with E-state index in [-0.39, 0.29) is 23.0 Å². The quantitative estimate of drug-likeness (QED) is 0.373. The number of carbonyl (C=O) groups excluding carboxylic acids is 1. The number of nitrogens with zero attached hydrogens (tertiary/aromatic N) is 2. The largest absolute Gasteiger partial charge is 0.496 e. The number of hydrogen-bond donors (Lipinski definition) is 2. The van der Waals surface area contributed by atoms with Gasteiger partial charge in [-0.15, -0.1) is 0 Å². The molecule has 3 aromatic carbocycles. The number of para-hydroxylation sites is 3. The van der Waals surface area contributed by atoms with Crippen LogP contribution < -0.4 is 10.1 Å². The van der Waals surface area contributed by atoms with E-state index in [2.05, 4.69) is 15.2 Å². The molecule has 5 rings (SSSR count). The number of ether oxygens (including phenoxy) is 1. The maximum Gasteiger partial charge on any atom is 0.237 e. The van der Waals surface area contributed by atoms with E-state index >= 15 is 0 Å². The Morgan fingerprint density at radius 3 is 2.71 bits per heavy atom. The molecule has 0 bridgehead atoms. The lowest BCUT2D eigenvalue weighted by atomic mass is 10.1. The minimum atomic E-state index is -0.295. The van der Waals surface area contributed by atoms with E-state index in [4.69, 9.17) is 9.72 Å². The van der Waals surface area contributed by atoms with Gasteiger partial charge in [0.25, 0.3) is 0 Å². The highest BCUT2D eigenvalue weighted by Gasteiger charge is 2.37. The highest BCUT2D eigenvalue weighted by atomic mass is 32.2. The van der Waals surface area contributed by atoms with E-state index < -0.39 is 0 Å². The smallest absolute Gasteiger partial charge is 0.237 e. The van der Waals surface area contributed by atoms with Gasteiger partial charge in [0.2, 0.25) is 5.91 Å². The number of benzene rings is 3. The summed E-state index contributed by atoms with van der Waals surface area (Å²) >= 11 is 1.67. The number of hydrogen-bond acceptors (Lipinski definition) is 5. The van der Waals surface area contributed by atoms with Crippen molar-refractivity contribution < 1.29 is 13.9 Å². The third-order valence-corrected chi connectivity index (χ3v) is 7.35. The second kappa shape index (κ2) is 10.5. The van der Waals surface area contributed by atoms with Crippen LogP contribution in [0.2, 0.25) is 0 Å². The molecule has 1 aliphatic heterocycles. The SMILES string of the molecule is COc1ccccc1CNC(=O)[C@@H]1C[C@@H](Sc2nc3ccccc3[nH]2)CN1Cc1ccc(F)cc1. The first-order valence-corrected chi connectivity index (χ1v) is 12.5. The third kappa shape index (κ3) is 5.49. The minimum absolute atomic E-state index is 0.0225. The minimum Gasteiger partial charge on any atom is -0.496 e. The molecular weight excluding hydrogens is 463 g/mol. The Balaban J connectivity index is 1.31. The van der Waals surface area contributed by atoms with Gasteiger partial charge in [0, 0.05) is 30.4 Å². The van der Waals surface area contributed by atoms with Crippen LogP contribution in [-0.4, -0.2) is 45.7 Å². The number of H-pyrrole nitrogens is 1. The number of carbonyl (C=O) groups is 1. The Labute approximate surface area is 207 Å². The van der Waals surface area contributed by atoms with Crippen LogP contribution in [0, 0.1) is 5.82 Å². The number of imidazole rings is 1. The maximum absolute atomic E-state index is 13.4. The number of halogens is 1. The van der Waals surface area contributed by atoms with Gasteiger partial charge in [0.05, 0.1) is 24.2 Å². The number of aromatic amines is 1. The topological polar surface area (TPSA) is 70.2 Å². The van der Waals surface area contributed by atoms with E-state index in [0.717, 1.165) is 39.6 Å². The predicted molar refractivity (Wildman–Crippen MR) is 136 cm³/mol. The molecular formula is C27H27FN4O2S. The number of fused-ring (bicyclic) bond motifs is 1. The van der Waals surface area contributed by atoms with E-state index in [1.54, 1.807) is 31.0 Å². The van der Waals surface area contributed by atoms with Gasteiger partial charge < -0.3 is 15.0 Å². The van der Waals surface area contributed by atoms with E-state index in [9.17, 15) is 9.18 Å². The van der Waals surface area contributed by atoms with Crippen molar-refractivity contribution in [2.45, 2.75) is 36.0 Å². The molecule has 0 radical (unpaired) electrons. The van der Waals surface area contributed by atoms with Gasteiger partial charge in [-0.3, -0.25) is 9.69 Å². The first kappa shape index (κ1) is 23.4. The van der Waals surface area contributed by atoms with Gasteiger partial charge in [0.1, 0.15) is 11.6 Å². The second-order valence-electron chi connectivity index (χ2n) is 8.64. The van der Waals surface area contributed by atoms with Gasteiger partial charge in [-0.1, -0.05) is 54.2 Å². The molecule has 0 spiro atoms. The van der Waals surface area contributed by atoms with Crippen LogP contribution in [0.4, 0.5) is 4.39 Å². The van der Waals surface area contributed by atoms with Gasteiger partial charge >= 0.3 is 0 Å². The molecule has 1 amide bonds. The van der Waals surface area contributed by atoms with Crippen LogP contribution in [0.5, 0.6) is 5.75 Å². The Kier molecular flexibility index (Phi) is 7.01. The van der Waals surface area contributed by atoms with Gasteiger partial charge in [0.15, 0.2) is 5.16 Å². The van der Waals surface area contributed by atoms with Crippen molar-refractivity contribution in [3.63, 3.8) is 0 Å². The lowest BCUT2D eigenvalue weighted by molar-refractivity contribution is -0.125. The van der Waals surface area contributed by atoms with Crippen molar-refractivity contribution in [3.05, 3.63) is 89.7 Å². The fourth-order valence-electron chi connectivity index (χ4n) is 4.51. The molecule has 1 aliphatic rings. The summed E-state index contributed by atoms with van der Waals surface area (Å²) in [5, 5.41) is 4.14. The summed E-state index contributed by atoms with van der Waals surface area (Å²) in [5.41, 5.74) is 3.84. The number of likely N-dealkylation sites (tertiary alicyclic amines) is 1. The highest BCUT2D eigenvalue weighted by Crippen LogP contribution is 2.33. The summed E-state index contributed by atoms with van der Waals surface area (Å²) in [6.45, 7) is 1.70. The van der Waals surface area contributed by atoms with Crippen molar-refractivity contribution in [3.8, 4) is 5.75 Å². The molecule has 2 atom stereocenters. The zero-order valence-electron chi connectivity index (χ0n) is 19.4. The number of amides is 1. The van der Waals surface area contributed by atoms with Crippen LogP contribution in [0.25, 0.3) is 11.0 Å². The summed E-state index contributed by atoms with van der Waals surface area (Å²) < 4.78 is 18.8. The molecule has 180 valence electrons. The van der Waals surface area contributed by atoms with Gasteiger partial charge in [-0.2, -0.15) is 0 Å². The predicted octanol–water partition coefficient (Wildman–Crippen LogP) is 4.76. The van der Waals surface area contributed by atoms with Crippen molar-refractivity contribution >= 4 is 28.7 Å². The summed E-state index contributed by atoms with van der Waals surface area (Å²) in [7, 11) is 1.63. The fourth-order valence-corrected chi connectivity index (χ4v) is 5.69. The number of thioether (sulfide) groups is 1. The van der Waals surface area contributed by atoms with Crippen molar-refractivity contribution in [2.75, 3.05) is 13.7 Å². The number of methoxy groups -OCH3 is 1. The zero-order valence-corrected chi connectivity index (χ0v) is 20.2. The summed E-state index contributed by atoms with van der Waals surface area (Å²) in [6.07, 6.45) is 0.695. The lowest BCUT2D eigenvalue weighted by Crippen LogP contribution is -2.42. The standard InChI is InChI=1S/C27H27FN4O2S/c1-34-25-9-5-2-6-19(25)15-29-26(33)24-14-21(17-32(24)16-18-10-12-20(28)13-11-18)35-27-30-22-7-3-4-8-23(22)31-27/h2-13,21,24H,14-17H2,1H3,(H,29,33)(H,30,31)/t21-,24+/m1/s1. The normalized spacial score (nSPS) is 18.1. The van der Waals surface area contributed by atoms with Crippen LogP contribution in [-0.2, 0) is 17.9 Å². The van der Waals surface area contributed by atoms with Crippen molar-refractivity contribution in [2.24, 2.45) is 0 Å². The van der Waals surface area contributed by atoms with Crippen LogP contribution in [0.3, 0.4) is 0 Å². The average molecular weight is 491 g/mol.